The lowest BCUT2D eigenvalue weighted by Gasteiger charge is -2.27. The first-order chi connectivity index (χ1) is 10.5. The van der Waals surface area contributed by atoms with Crippen LogP contribution in [0.5, 0.6) is 5.75 Å². The number of methoxy groups -OCH3 is 1. The van der Waals surface area contributed by atoms with Crippen LogP contribution < -0.4 is 9.64 Å². The predicted molar refractivity (Wildman–Crippen MR) is 80.9 cm³/mol. The second-order valence-corrected chi connectivity index (χ2v) is 5.00. The molecule has 8 heteroatoms. The first-order valence-corrected chi connectivity index (χ1v) is 7.07. The van der Waals surface area contributed by atoms with E-state index in [0.29, 0.717) is 11.4 Å². The molecule has 7 nitrogen and oxygen atoms in total. The van der Waals surface area contributed by atoms with Crippen molar-refractivity contribution in [3.05, 3.63) is 24.3 Å². The number of amides is 4. The topological polar surface area (TPSA) is 70.2 Å². The number of hydrogen-bond acceptors (Lipinski definition) is 4. The van der Waals surface area contributed by atoms with E-state index in [9.17, 15) is 14.4 Å². The Labute approximate surface area is 133 Å². The summed E-state index contributed by atoms with van der Waals surface area (Å²) in [5.41, 5.74) is 0.450. The third kappa shape index (κ3) is 2.99. The molecular formula is C14H16ClN3O4. The molecule has 0 bridgehead atoms. The zero-order valence-corrected chi connectivity index (χ0v) is 13.0. The van der Waals surface area contributed by atoms with E-state index >= 15 is 0 Å². The Morgan fingerprint density at radius 1 is 1.36 bits per heavy atom. The summed E-state index contributed by atoms with van der Waals surface area (Å²) in [6.07, 6.45) is 0. The van der Waals surface area contributed by atoms with Gasteiger partial charge < -0.3 is 9.64 Å². The number of urea groups is 1. The van der Waals surface area contributed by atoms with Gasteiger partial charge in [-0.1, -0.05) is 12.1 Å². The van der Waals surface area contributed by atoms with E-state index in [1.54, 1.807) is 24.3 Å². The van der Waals surface area contributed by atoms with Crippen LogP contribution in [-0.4, -0.2) is 60.9 Å². The van der Waals surface area contributed by atoms with Crippen LogP contribution in [0.2, 0.25) is 0 Å². The maximum Gasteiger partial charge on any atom is 0.328 e. The molecule has 0 radical (unpaired) electrons. The van der Waals surface area contributed by atoms with Gasteiger partial charge >= 0.3 is 6.03 Å². The number of carbonyl (C=O) groups excluding carboxylic acids is 3. The Bertz CT molecular complexity index is 608. The Balaban J connectivity index is 2.33. The number of halogens is 1. The quantitative estimate of drug-likeness (QED) is 0.601. The van der Waals surface area contributed by atoms with Gasteiger partial charge in [-0.2, -0.15) is 0 Å². The van der Waals surface area contributed by atoms with Crippen LogP contribution in [0, 0.1) is 0 Å². The molecule has 1 aliphatic heterocycles. The number of hydrogen-bond donors (Lipinski definition) is 0. The van der Waals surface area contributed by atoms with Crippen molar-refractivity contribution in [2.75, 3.05) is 38.2 Å². The monoisotopic (exact) mass is 325 g/mol. The van der Waals surface area contributed by atoms with Crippen molar-refractivity contribution in [1.82, 2.24) is 9.80 Å². The number of benzene rings is 1. The van der Waals surface area contributed by atoms with Crippen LogP contribution in [0.25, 0.3) is 0 Å². The first-order valence-electron chi connectivity index (χ1n) is 6.54. The minimum Gasteiger partial charge on any atom is -0.495 e. The molecule has 1 fully saturated rings. The molecule has 2 rings (SSSR count). The van der Waals surface area contributed by atoms with Crippen LogP contribution in [-0.2, 0) is 9.59 Å². The summed E-state index contributed by atoms with van der Waals surface area (Å²) in [5.74, 6) is -0.617. The summed E-state index contributed by atoms with van der Waals surface area (Å²) in [6.45, 7) is -0.207. The van der Waals surface area contributed by atoms with Gasteiger partial charge in [0.15, 0.2) is 0 Å². The number of imide groups is 1. The lowest BCUT2D eigenvalue weighted by atomic mass is 10.2. The second-order valence-electron chi connectivity index (χ2n) is 4.73. The van der Waals surface area contributed by atoms with Gasteiger partial charge in [0, 0.05) is 7.05 Å². The van der Waals surface area contributed by atoms with E-state index < -0.39 is 11.9 Å². The van der Waals surface area contributed by atoms with Gasteiger partial charge in [0.25, 0.3) is 5.91 Å². The first kappa shape index (κ1) is 16.1. The number of para-hydroxylation sites is 2. The molecule has 1 aromatic carbocycles. The Kier molecular flexibility index (Phi) is 4.87. The van der Waals surface area contributed by atoms with Crippen molar-refractivity contribution < 1.29 is 19.1 Å². The molecule has 118 valence electrons. The van der Waals surface area contributed by atoms with Gasteiger partial charge in [-0.25, -0.2) is 9.69 Å². The highest BCUT2D eigenvalue weighted by molar-refractivity contribution is 6.29. The molecule has 0 saturated carbocycles. The second kappa shape index (κ2) is 6.65. The predicted octanol–water partition coefficient (Wildman–Crippen LogP) is 1.12. The molecule has 0 aromatic heterocycles. The number of ether oxygens (including phenoxy) is 1. The van der Waals surface area contributed by atoms with Crippen molar-refractivity contribution >= 4 is 35.1 Å². The maximum absolute atomic E-state index is 12.1. The molecule has 1 heterocycles. The molecule has 0 N–H and O–H groups in total. The standard InChI is InChI=1S/C14H16ClN3O4/c1-16-8-13(20)18(14(16)21)9-17(12(19)7-15)10-5-3-4-6-11(10)22-2/h3-6H,7-9H2,1-2H3. The van der Waals surface area contributed by atoms with Crippen LogP contribution >= 0.6 is 11.6 Å². The number of rotatable bonds is 5. The average molecular weight is 326 g/mol. The SMILES string of the molecule is COc1ccccc1N(CN1C(=O)CN(C)C1=O)C(=O)CCl. The van der Waals surface area contributed by atoms with E-state index in [-0.39, 0.29) is 25.0 Å². The van der Waals surface area contributed by atoms with Crippen molar-refractivity contribution in [1.29, 1.82) is 0 Å². The van der Waals surface area contributed by atoms with E-state index in [0.717, 1.165) is 4.90 Å². The fourth-order valence-corrected chi connectivity index (χ4v) is 2.31. The highest BCUT2D eigenvalue weighted by Crippen LogP contribution is 2.28. The zero-order chi connectivity index (χ0) is 16.3. The summed E-state index contributed by atoms with van der Waals surface area (Å²) >= 11 is 5.65. The van der Waals surface area contributed by atoms with Crippen molar-refractivity contribution in [3.63, 3.8) is 0 Å². The highest BCUT2D eigenvalue weighted by atomic mass is 35.5. The summed E-state index contributed by atoms with van der Waals surface area (Å²) in [4.78, 5) is 39.6. The molecule has 0 atom stereocenters. The van der Waals surface area contributed by atoms with Gasteiger partial charge in [-0.05, 0) is 12.1 Å². The van der Waals surface area contributed by atoms with Crippen LogP contribution in [0.15, 0.2) is 24.3 Å². The normalized spacial score (nSPS) is 14.5. The molecule has 22 heavy (non-hydrogen) atoms. The largest absolute Gasteiger partial charge is 0.495 e. The number of likely N-dealkylation sites (N-methyl/N-ethyl adjacent to an activating group) is 1. The lowest BCUT2D eigenvalue weighted by molar-refractivity contribution is -0.125. The minimum atomic E-state index is -0.452. The van der Waals surface area contributed by atoms with Gasteiger partial charge in [0.2, 0.25) is 5.91 Å². The molecule has 0 spiro atoms. The third-order valence-electron chi connectivity index (χ3n) is 3.31. The van der Waals surface area contributed by atoms with E-state index in [1.165, 1.54) is 24.0 Å². The van der Waals surface area contributed by atoms with Gasteiger partial charge in [0.05, 0.1) is 12.8 Å². The van der Waals surface area contributed by atoms with Crippen molar-refractivity contribution in [2.45, 2.75) is 0 Å². The average Bonchev–Trinajstić information content (AvgIpc) is 2.77. The molecule has 1 aliphatic rings. The van der Waals surface area contributed by atoms with Gasteiger partial charge in [-0.3, -0.25) is 14.5 Å². The molecule has 4 amide bonds. The maximum atomic E-state index is 12.1. The van der Waals surface area contributed by atoms with E-state index in [1.807, 2.05) is 0 Å². The van der Waals surface area contributed by atoms with Crippen LogP contribution in [0.4, 0.5) is 10.5 Å². The Morgan fingerprint density at radius 3 is 2.59 bits per heavy atom. The lowest BCUT2D eigenvalue weighted by Crippen LogP contribution is -2.45. The Hall–Kier alpha value is -2.28. The molecule has 0 unspecified atom stereocenters. The van der Waals surface area contributed by atoms with Crippen molar-refractivity contribution in [3.8, 4) is 5.75 Å². The molecule has 1 saturated heterocycles. The molecule has 0 aliphatic carbocycles. The van der Waals surface area contributed by atoms with Gasteiger partial charge in [-0.15, -0.1) is 11.6 Å². The van der Waals surface area contributed by atoms with Crippen LogP contribution in [0.1, 0.15) is 0 Å². The summed E-state index contributed by atoms with van der Waals surface area (Å²) in [6, 6.07) is 6.38. The smallest absolute Gasteiger partial charge is 0.328 e. The van der Waals surface area contributed by atoms with E-state index in [4.69, 9.17) is 16.3 Å². The van der Waals surface area contributed by atoms with Crippen molar-refractivity contribution in [2.24, 2.45) is 0 Å². The summed E-state index contributed by atoms with van der Waals surface area (Å²) < 4.78 is 5.22. The Morgan fingerprint density at radius 2 is 2.05 bits per heavy atom. The van der Waals surface area contributed by atoms with Gasteiger partial charge in [0.1, 0.15) is 24.8 Å². The molecular weight excluding hydrogens is 310 g/mol. The third-order valence-corrected chi connectivity index (χ3v) is 3.53. The number of nitrogens with zero attached hydrogens (tertiary/aromatic N) is 3. The number of carbonyl (C=O) groups is 3. The fourth-order valence-electron chi connectivity index (χ4n) is 2.16. The number of alkyl halides is 1. The summed E-state index contributed by atoms with van der Waals surface area (Å²) in [7, 11) is 3.00. The molecule has 1 aromatic rings. The fraction of sp³-hybridized carbons (Fsp3) is 0.357. The van der Waals surface area contributed by atoms with E-state index in [2.05, 4.69) is 0 Å². The number of anilines is 1. The highest BCUT2D eigenvalue weighted by Gasteiger charge is 2.36. The summed E-state index contributed by atoms with van der Waals surface area (Å²) in [5, 5.41) is 0. The zero-order valence-electron chi connectivity index (χ0n) is 12.3. The van der Waals surface area contributed by atoms with Crippen LogP contribution in [0.3, 0.4) is 0 Å². The minimum absolute atomic E-state index is 0.00629.